The number of nitrogens with two attached hydrogens (primary N) is 1. The number of carbonyl (C=O) groups is 1. The molecule has 0 aliphatic rings. The van der Waals surface area contributed by atoms with E-state index in [1.54, 1.807) is 7.11 Å². The predicted octanol–water partition coefficient (Wildman–Crippen LogP) is -0.765. The van der Waals surface area contributed by atoms with Gasteiger partial charge in [-0.05, 0) is 6.42 Å². The molecule has 5 nitrogen and oxygen atoms in total. The predicted molar refractivity (Wildman–Crippen MR) is 61.0 cm³/mol. The van der Waals surface area contributed by atoms with Crippen molar-refractivity contribution in [1.29, 1.82) is 0 Å². The van der Waals surface area contributed by atoms with Crippen LogP contribution in [0.2, 0.25) is 0 Å². The summed E-state index contributed by atoms with van der Waals surface area (Å²) in [5, 5.41) is 2.64. The van der Waals surface area contributed by atoms with Crippen LogP contribution >= 0.6 is 0 Å². The Balaban J connectivity index is 3.59. The number of nitrogens with one attached hydrogen (secondary N) is 1. The molecule has 15 heavy (non-hydrogen) atoms. The molecule has 0 heterocycles. The Morgan fingerprint density at radius 1 is 1.60 bits per heavy atom. The van der Waals surface area contributed by atoms with Crippen LogP contribution in [0.15, 0.2) is 0 Å². The van der Waals surface area contributed by atoms with Gasteiger partial charge in [0.05, 0.1) is 6.04 Å². The van der Waals surface area contributed by atoms with Crippen molar-refractivity contribution in [2.75, 3.05) is 31.8 Å². The van der Waals surface area contributed by atoms with Gasteiger partial charge in [0.1, 0.15) is 0 Å². The Hall–Kier alpha value is -0.460. The monoisotopic (exact) mass is 236 g/mol. The van der Waals surface area contributed by atoms with Crippen LogP contribution in [0.3, 0.4) is 0 Å². The van der Waals surface area contributed by atoms with Gasteiger partial charge in [0.15, 0.2) is 0 Å². The van der Waals surface area contributed by atoms with Crippen LogP contribution in [0.5, 0.6) is 0 Å². The molecule has 2 atom stereocenters. The molecule has 0 bridgehead atoms. The lowest BCUT2D eigenvalue weighted by Gasteiger charge is -2.11. The summed E-state index contributed by atoms with van der Waals surface area (Å²) in [4.78, 5) is 11.3. The summed E-state index contributed by atoms with van der Waals surface area (Å²) < 4.78 is 15.9. The van der Waals surface area contributed by atoms with Crippen molar-refractivity contribution in [2.45, 2.75) is 19.4 Å². The molecule has 0 saturated carbocycles. The van der Waals surface area contributed by atoms with Gasteiger partial charge in [-0.2, -0.15) is 0 Å². The van der Waals surface area contributed by atoms with Crippen LogP contribution in [0.25, 0.3) is 0 Å². The first-order valence-electron chi connectivity index (χ1n) is 4.99. The van der Waals surface area contributed by atoms with Gasteiger partial charge in [-0.25, -0.2) is 0 Å². The first-order chi connectivity index (χ1) is 7.11. The Morgan fingerprint density at radius 3 is 2.80 bits per heavy atom. The van der Waals surface area contributed by atoms with Crippen LogP contribution in [-0.4, -0.2) is 47.9 Å². The maximum atomic E-state index is 11.3. The Bertz CT molecular complexity index is 212. The van der Waals surface area contributed by atoms with E-state index in [1.165, 1.54) is 0 Å². The average molecular weight is 236 g/mol. The number of hydrogen-bond acceptors (Lipinski definition) is 4. The molecular formula is C9H20N2O3S. The number of carbonyl (C=O) groups excluding carboxylic acids is 1. The highest BCUT2D eigenvalue weighted by atomic mass is 32.2. The molecule has 0 aliphatic heterocycles. The first kappa shape index (κ1) is 14.5. The summed E-state index contributed by atoms with van der Waals surface area (Å²) in [6, 6.07) is -0.542. The summed E-state index contributed by atoms with van der Waals surface area (Å²) in [6.45, 7) is 2.73. The zero-order valence-corrected chi connectivity index (χ0v) is 10.1. The number of hydrogen-bond donors (Lipinski definition) is 2. The van der Waals surface area contributed by atoms with Crippen molar-refractivity contribution in [3.8, 4) is 0 Å². The van der Waals surface area contributed by atoms with E-state index in [0.29, 0.717) is 31.1 Å². The summed E-state index contributed by atoms with van der Waals surface area (Å²) in [6.07, 6.45) is 0.499. The Labute approximate surface area is 93.2 Å². The van der Waals surface area contributed by atoms with Crippen molar-refractivity contribution in [3.05, 3.63) is 0 Å². The Morgan fingerprint density at radius 2 is 2.27 bits per heavy atom. The molecule has 3 N–H and O–H groups in total. The Kier molecular flexibility index (Phi) is 8.55. The van der Waals surface area contributed by atoms with E-state index in [4.69, 9.17) is 10.5 Å². The van der Waals surface area contributed by atoms with Gasteiger partial charge < -0.3 is 15.8 Å². The minimum Gasteiger partial charge on any atom is -0.385 e. The third-order valence-corrected chi connectivity index (χ3v) is 3.22. The van der Waals surface area contributed by atoms with E-state index >= 15 is 0 Å². The van der Waals surface area contributed by atoms with Gasteiger partial charge in [0.2, 0.25) is 5.91 Å². The normalized spacial score (nSPS) is 14.6. The molecule has 0 aliphatic carbocycles. The van der Waals surface area contributed by atoms with Crippen molar-refractivity contribution in [2.24, 2.45) is 5.73 Å². The molecule has 0 aromatic carbocycles. The third-order valence-electron chi connectivity index (χ3n) is 1.92. The zero-order valence-electron chi connectivity index (χ0n) is 9.32. The van der Waals surface area contributed by atoms with Gasteiger partial charge in [0.25, 0.3) is 0 Å². The number of amides is 1. The molecule has 2 unspecified atom stereocenters. The maximum absolute atomic E-state index is 11.3. The summed E-state index contributed by atoms with van der Waals surface area (Å²) >= 11 is 0. The van der Waals surface area contributed by atoms with Gasteiger partial charge in [-0.3, -0.25) is 9.00 Å². The van der Waals surface area contributed by atoms with Crippen LogP contribution in [0.1, 0.15) is 13.3 Å². The SMILES string of the molecule is CCS(=O)CCNC(=O)C(N)CCOC. The molecule has 0 aromatic rings. The molecule has 0 radical (unpaired) electrons. The fraction of sp³-hybridized carbons (Fsp3) is 0.889. The molecule has 0 saturated heterocycles. The molecule has 0 spiro atoms. The zero-order chi connectivity index (χ0) is 11.7. The quantitative estimate of drug-likeness (QED) is 0.580. The molecule has 0 rings (SSSR count). The highest BCUT2D eigenvalue weighted by Gasteiger charge is 2.12. The van der Waals surface area contributed by atoms with E-state index in [9.17, 15) is 9.00 Å². The first-order valence-corrected chi connectivity index (χ1v) is 6.47. The van der Waals surface area contributed by atoms with Gasteiger partial charge in [0, 0.05) is 42.6 Å². The largest absolute Gasteiger partial charge is 0.385 e. The average Bonchev–Trinajstić information content (AvgIpc) is 2.25. The number of rotatable bonds is 8. The van der Waals surface area contributed by atoms with Gasteiger partial charge >= 0.3 is 0 Å². The number of ether oxygens (including phenoxy) is 1. The fourth-order valence-corrected chi connectivity index (χ4v) is 1.56. The van der Waals surface area contributed by atoms with E-state index in [0.717, 1.165) is 0 Å². The van der Waals surface area contributed by atoms with Crippen LogP contribution in [-0.2, 0) is 20.3 Å². The van der Waals surface area contributed by atoms with Crippen molar-refractivity contribution >= 4 is 16.7 Å². The minimum absolute atomic E-state index is 0.208. The highest BCUT2D eigenvalue weighted by Crippen LogP contribution is 1.89. The standard InChI is InChI=1S/C9H20N2O3S/c1-3-15(13)7-5-11-9(12)8(10)4-6-14-2/h8H,3-7,10H2,1-2H3,(H,11,12). The topological polar surface area (TPSA) is 81.4 Å². The van der Waals surface area contributed by atoms with Crippen molar-refractivity contribution in [3.63, 3.8) is 0 Å². The maximum Gasteiger partial charge on any atom is 0.237 e. The fourth-order valence-electron chi connectivity index (χ4n) is 0.939. The second-order valence-corrected chi connectivity index (χ2v) is 4.98. The second kappa shape index (κ2) is 8.82. The molecule has 90 valence electrons. The summed E-state index contributed by atoms with van der Waals surface area (Å²) in [5.74, 6) is 0.894. The van der Waals surface area contributed by atoms with E-state index in [2.05, 4.69) is 5.32 Å². The van der Waals surface area contributed by atoms with Crippen molar-refractivity contribution in [1.82, 2.24) is 5.32 Å². The highest BCUT2D eigenvalue weighted by molar-refractivity contribution is 7.84. The van der Waals surface area contributed by atoms with Gasteiger partial charge in [-0.15, -0.1) is 0 Å². The minimum atomic E-state index is -0.842. The molecule has 6 heteroatoms. The third kappa shape index (κ3) is 7.47. The smallest absolute Gasteiger partial charge is 0.237 e. The molecule has 0 aromatic heterocycles. The lowest BCUT2D eigenvalue weighted by molar-refractivity contribution is -0.122. The second-order valence-electron chi connectivity index (χ2n) is 3.11. The van der Waals surface area contributed by atoms with E-state index in [1.807, 2.05) is 6.92 Å². The van der Waals surface area contributed by atoms with Crippen LogP contribution in [0.4, 0.5) is 0 Å². The lowest BCUT2D eigenvalue weighted by atomic mass is 10.2. The van der Waals surface area contributed by atoms with Crippen molar-refractivity contribution < 1.29 is 13.7 Å². The van der Waals surface area contributed by atoms with Crippen LogP contribution < -0.4 is 11.1 Å². The van der Waals surface area contributed by atoms with E-state index < -0.39 is 16.8 Å². The van der Waals surface area contributed by atoms with Gasteiger partial charge in [-0.1, -0.05) is 6.92 Å². The molecule has 0 fully saturated rings. The lowest BCUT2D eigenvalue weighted by Crippen LogP contribution is -2.42. The summed E-state index contributed by atoms with van der Waals surface area (Å²) in [5.41, 5.74) is 5.58. The number of methoxy groups -OCH3 is 1. The summed E-state index contributed by atoms with van der Waals surface area (Å²) in [7, 11) is 0.722. The molecule has 1 amide bonds. The molecular weight excluding hydrogens is 216 g/mol. The van der Waals surface area contributed by atoms with E-state index in [-0.39, 0.29) is 5.91 Å². The van der Waals surface area contributed by atoms with Crippen LogP contribution in [0, 0.1) is 0 Å².